The summed E-state index contributed by atoms with van der Waals surface area (Å²) in [6.07, 6.45) is -0.465. The van der Waals surface area contributed by atoms with Gasteiger partial charge in [-0.1, -0.05) is 22.0 Å². The number of ether oxygens (including phenoxy) is 5. The first-order chi connectivity index (χ1) is 11.2. The van der Waals surface area contributed by atoms with Crippen molar-refractivity contribution in [2.45, 2.75) is 6.29 Å². The number of hydrogen-bond donors (Lipinski definition) is 0. The van der Waals surface area contributed by atoms with Crippen LogP contribution in [0.3, 0.4) is 0 Å². The second-order valence-corrected chi connectivity index (χ2v) is 5.57. The number of aromatic nitrogens is 1. The predicted octanol–water partition coefficient (Wildman–Crippen LogP) is 3.70. The van der Waals surface area contributed by atoms with Crippen LogP contribution in [0.4, 0.5) is 0 Å². The summed E-state index contributed by atoms with van der Waals surface area (Å²) in [4.78, 5) is 4.27. The van der Waals surface area contributed by atoms with E-state index in [9.17, 15) is 0 Å². The van der Waals surface area contributed by atoms with E-state index in [4.69, 9.17) is 23.7 Å². The number of methoxy groups -OCH3 is 2. The Morgan fingerprint density at radius 3 is 2.52 bits per heavy atom. The van der Waals surface area contributed by atoms with E-state index < -0.39 is 6.29 Å². The molecule has 7 heteroatoms. The van der Waals surface area contributed by atoms with Crippen LogP contribution in [0.2, 0.25) is 0 Å². The zero-order chi connectivity index (χ0) is 16.2. The van der Waals surface area contributed by atoms with E-state index in [1.165, 1.54) is 7.11 Å². The van der Waals surface area contributed by atoms with Gasteiger partial charge in [0, 0.05) is 16.6 Å². The molecule has 0 saturated carbocycles. The number of benzene rings is 1. The molecular weight excluding hydrogens is 366 g/mol. The van der Waals surface area contributed by atoms with Crippen molar-refractivity contribution in [3.05, 3.63) is 40.4 Å². The molecule has 1 aliphatic rings. The van der Waals surface area contributed by atoms with Crippen LogP contribution in [-0.2, 0) is 9.47 Å². The second kappa shape index (κ2) is 7.16. The minimum Gasteiger partial charge on any atom is -0.496 e. The minimum atomic E-state index is -0.465. The van der Waals surface area contributed by atoms with Gasteiger partial charge in [-0.25, -0.2) is 0 Å². The summed E-state index contributed by atoms with van der Waals surface area (Å²) >= 11 is 3.52. The molecule has 6 nitrogen and oxygen atoms in total. The molecule has 0 N–H and O–H groups in total. The zero-order valence-electron chi connectivity index (χ0n) is 12.7. The van der Waals surface area contributed by atoms with Gasteiger partial charge in [-0.15, -0.1) is 0 Å². The van der Waals surface area contributed by atoms with Crippen molar-refractivity contribution < 1.29 is 23.7 Å². The van der Waals surface area contributed by atoms with Gasteiger partial charge >= 0.3 is 0 Å². The highest BCUT2D eigenvalue weighted by atomic mass is 79.9. The maximum atomic E-state index is 5.93. The van der Waals surface area contributed by atoms with Gasteiger partial charge in [0.25, 0.3) is 0 Å². The van der Waals surface area contributed by atoms with Crippen LogP contribution in [0.5, 0.6) is 23.3 Å². The molecule has 0 atom stereocenters. The third kappa shape index (κ3) is 3.57. The quantitative estimate of drug-likeness (QED) is 0.786. The molecule has 0 radical (unpaired) electrons. The van der Waals surface area contributed by atoms with Gasteiger partial charge < -0.3 is 23.7 Å². The van der Waals surface area contributed by atoms with E-state index in [0.29, 0.717) is 36.5 Å². The molecule has 1 saturated heterocycles. The maximum absolute atomic E-state index is 5.93. The van der Waals surface area contributed by atoms with E-state index in [0.717, 1.165) is 10.0 Å². The number of pyridine rings is 1. The van der Waals surface area contributed by atoms with E-state index >= 15 is 0 Å². The number of hydrogen-bond acceptors (Lipinski definition) is 6. The van der Waals surface area contributed by atoms with Crippen LogP contribution in [0.25, 0.3) is 0 Å². The second-order valence-electron chi connectivity index (χ2n) is 4.71. The first-order valence-corrected chi connectivity index (χ1v) is 7.80. The van der Waals surface area contributed by atoms with Crippen molar-refractivity contribution in [3.8, 4) is 23.3 Å². The molecule has 1 aromatic carbocycles. The third-order valence-corrected chi connectivity index (χ3v) is 3.97. The van der Waals surface area contributed by atoms with Gasteiger partial charge in [0.1, 0.15) is 11.5 Å². The average molecular weight is 382 g/mol. The van der Waals surface area contributed by atoms with Crippen LogP contribution in [-0.4, -0.2) is 32.4 Å². The Bertz CT molecular complexity index is 666. The summed E-state index contributed by atoms with van der Waals surface area (Å²) in [7, 11) is 3.11. The molecule has 2 aromatic rings. The monoisotopic (exact) mass is 381 g/mol. The Morgan fingerprint density at radius 1 is 1.09 bits per heavy atom. The molecule has 0 spiro atoms. The van der Waals surface area contributed by atoms with Gasteiger partial charge in [-0.05, 0) is 12.1 Å². The largest absolute Gasteiger partial charge is 0.496 e. The van der Waals surface area contributed by atoms with Gasteiger partial charge in [-0.3, -0.25) is 0 Å². The van der Waals surface area contributed by atoms with Gasteiger partial charge in [0.2, 0.25) is 11.8 Å². The molecule has 0 aliphatic carbocycles. The summed E-state index contributed by atoms with van der Waals surface area (Å²) < 4.78 is 28.3. The van der Waals surface area contributed by atoms with E-state index in [1.54, 1.807) is 19.2 Å². The predicted molar refractivity (Wildman–Crippen MR) is 86.2 cm³/mol. The number of rotatable bonds is 5. The van der Waals surface area contributed by atoms with E-state index in [1.807, 2.05) is 18.2 Å². The Kier molecular flexibility index (Phi) is 5.00. The topological polar surface area (TPSA) is 59.0 Å². The Balaban J connectivity index is 1.95. The highest BCUT2D eigenvalue weighted by molar-refractivity contribution is 9.10. The molecular formula is C16H16BrNO5. The summed E-state index contributed by atoms with van der Waals surface area (Å²) in [6, 6.07) is 8.97. The summed E-state index contributed by atoms with van der Waals surface area (Å²) in [5.41, 5.74) is 0.786. The van der Waals surface area contributed by atoms with Crippen LogP contribution in [0.1, 0.15) is 11.9 Å². The summed E-state index contributed by atoms with van der Waals surface area (Å²) in [5, 5.41) is 0. The molecule has 1 fully saturated rings. The van der Waals surface area contributed by atoms with Crippen molar-refractivity contribution in [1.82, 2.24) is 4.98 Å². The van der Waals surface area contributed by atoms with E-state index in [2.05, 4.69) is 20.9 Å². The molecule has 0 bridgehead atoms. The fourth-order valence-corrected chi connectivity index (χ4v) is 2.74. The van der Waals surface area contributed by atoms with Crippen LogP contribution in [0, 0.1) is 0 Å². The molecule has 3 rings (SSSR count). The van der Waals surface area contributed by atoms with Crippen molar-refractivity contribution in [3.63, 3.8) is 0 Å². The summed E-state index contributed by atoms with van der Waals surface area (Å²) in [5.74, 6) is 1.95. The lowest BCUT2D eigenvalue weighted by Gasteiger charge is -2.17. The van der Waals surface area contributed by atoms with Gasteiger partial charge in [0.05, 0.1) is 33.0 Å². The van der Waals surface area contributed by atoms with Crippen LogP contribution >= 0.6 is 15.9 Å². The lowest BCUT2D eigenvalue weighted by atomic mass is 10.2. The lowest BCUT2D eigenvalue weighted by molar-refractivity contribution is -0.0458. The normalized spacial score (nSPS) is 14.7. The third-order valence-electron chi connectivity index (χ3n) is 3.28. The van der Waals surface area contributed by atoms with Crippen molar-refractivity contribution in [2.24, 2.45) is 0 Å². The number of halogens is 1. The highest BCUT2D eigenvalue weighted by Crippen LogP contribution is 2.39. The fraction of sp³-hybridized carbons (Fsp3) is 0.312. The molecule has 2 heterocycles. The van der Waals surface area contributed by atoms with Gasteiger partial charge in [-0.2, -0.15) is 4.98 Å². The summed E-state index contributed by atoms with van der Waals surface area (Å²) in [6.45, 7) is 1.10. The average Bonchev–Trinajstić information content (AvgIpc) is 3.08. The SMILES string of the molecule is COc1cc(OC)nc(Oc2cccc(Br)c2C2OCCO2)c1. The smallest absolute Gasteiger partial charge is 0.226 e. The van der Waals surface area contributed by atoms with Crippen molar-refractivity contribution in [2.75, 3.05) is 27.4 Å². The standard InChI is InChI=1S/C16H16BrNO5/c1-19-10-8-13(20-2)18-14(9-10)23-12-5-3-4-11(17)15(12)16-21-6-7-22-16/h3-5,8-9,16H,6-7H2,1-2H3. The maximum Gasteiger partial charge on any atom is 0.226 e. The van der Waals surface area contributed by atoms with Crippen LogP contribution in [0.15, 0.2) is 34.8 Å². The van der Waals surface area contributed by atoms with Crippen molar-refractivity contribution >= 4 is 15.9 Å². The van der Waals surface area contributed by atoms with Crippen LogP contribution < -0.4 is 14.2 Å². The molecule has 0 unspecified atom stereocenters. The van der Waals surface area contributed by atoms with Crippen molar-refractivity contribution in [1.29, 1.82) is 0 Å². The zero-order valence-corrected chi connectivity index (χ0v) is 14.3. The lowest BCUT2D eigenvalue weighted by Crippen LogP contribution is -2.03. The number of nitrogens with zero attached hydrogens (tertiary/aromatic N) is 1. The molecule has 0 amide bonds. The van der Waals surface area contributed by atoms with Gasteiger partial charge in [0.15, 0.2) is 6.29 Å². The minimum absolute atomic E-state index is 0.360. The molecule has 122 valence electrons. The fourth-order valence-electron chi connectivity index (χ4n) is 2.21. The molecule has 23 heavy (non-hydrogen) atoms. The first kappa shape index (κ1) is 16.0. The Morgan fingerprint density at radius 2 is 1.83 bits per heavy atom. The van der Waals surface area contributed by atoms with E-state index in [-0.39, 0.29) is 0 Å². The molecule has 1 aliphatic heterocycles. The highest BCUT2D eigenvalue weighted by Gasteiger charge is 2.25. The molecule has 1 aromatic heterocycles. The Hall–Kier alpha value is -1.83. The Labute approximate surface area is 142 Å². The first-order valence-electron chi connectivity index (χ1n) is 7.01.